The van der Waals surface area contributed by atoms with Crippen molar-refractivity contribution >= 4 is 23.2 Å². The van der Waals surface area contributed by atoms with Crippen LogP contribution in [-0.4, -0.2) is 17.9 Å². The number of hydrazine groups is 1. The standard InChI is InChI=1S/C16H16ClN3O/c1-20(12-7-3-2-4-8-12)19-16(21)13-10-11-6-5-9-14(11)18-15(13)17/h2-4,7-8,10H,5-6,9H2,1H3,(H,19,21). The van der Waals surface area contributed by atoms with Crippen molar-refractivity contribution < 1.29 is 4.79 Å². The van der Waals surface area contributed by atoms with E-state index in [1.165, 1.54) is 0 Å². The Kier molecular flexibility index (Phi) is 3.80. The smallest absolute Gasteiger partial charge is 0.272 e. The van der Waals surface area contributed by atoms with Crippen LogP contribution in [0.3, 0.4) is 0 Å². The second kappa shape index (κ2) is 5.74. The largest absolute Gasteiger partial charge is 0.288 e. The topological polar surface area (TPSA) is 45.2 Å². The molecule has 3 rings (SSSR count). The van der Waals surface area contributed by atoms with Crippen molar-refractivity contribution in [2.75, 3.05) is 12.1 Å². The van der Waals surface area contributed by atoms with Crippen molar-refractivity contribution in [3.05, 3.63) is 58.4 Å². The molecule has 5 heteroatoms. The summed E-state index contributed by atoms with van der Waals surface area (Å²) in [7, 11) is 1.79. The van der Waals surface area contributed by atoms with Gasteiger partial charge in [-0.15, -0.1) is 0 Å². The number of carbonyl (C=O) groups is 1. The highest BCUT2D eigenvalue weighted by Gasteiger charge is 2.20. The average Bonchev–Trinajstić information content (AvgIpc) is 2.94. The highest BCUT2D eigenvalue weighted by atomic mass is 35.5. The molecule has 4 nitrogen and oxygen atoms in total. The minimum Gasteiger partial charge on any atom is -0.288 e. The highest BCUT2D eigenvalue weighted by molar-refractivity contribution is 6.32. The van der Waals surface area contributed by atoms with E-state index in [0.717, 1.165) is 36.2 Å². The van der Waals surface area contributed by atoms with E-state index in [4.69, 9.17) is 11.6 Å². The number of hydrogen-bond acceptors (Lipinski definition) is 3. The number of fused-ring (bicyclic) bond motifs is 1. The summed E-state index contributed by atoms with van der Waals surface area (Å²) in [5.74, 6) is -0.242. The lowest BCUT2D eigenvalue weighted by molar-refractivity contribution is 0.0951. The van der Waals surface area contributed by atoms with Crippen molar-refractivity contribution in [2.45, 2.75) is 19.3 Å². The third kappa shape index (κ3) is 2.85. The number of aromatic nitrogens is 1. The zero-order valence-electron chi connectivity index (χ0n) is 11.8. The Morgan fingerprint density at radius 3 is 2.81 bits per heavy atom. The van der Waals surface area contributed by atoms with E-state index in [0.29, 0.717) is 5.56 Å². The first kappa shape index (κ1) is 13.9. The summed E-state index contributed by atoms with van der Waals surface area (Å²) in [4.78, 5) is 16.7. The lowest BCUT2D eigenvalue weighted by atomic mass is 10.1. The number of nitrogens with one attached hydrogen (secondary N) is 1. The SMILES string of the molecule is CN(NC(=O)c1cc2c(nc1Cl)CCC2)c1ccccc1. The monoisotopic (exact) mass is 301 g/mol. The number of aryl methyl sites for hydroxylation is 2. The molecule has 0 fully saturated rings. The van der Waals surface area contributed by atoms with Crippen molar-refractivity contribution in [2.24, 2.45) is 0 Å². The quantitative estimate of drug-likeness (QED) is 0.700. The van der Waals surface area contributed by atoms with Gasteiger partial charge in [-0.2, -0.15) is 0 Å². The number of nitrogens with zero attached hydrogens (tertiary/aromatic N) is 2. The fourth-order valence-corrected chi connectivity index (χ4v) is 2.78. The molecule has 21 heavy (non-hydrogen) atoms. The Morgan fingerprint density at radius 1 is 1.29 bits per heavy atom. The molecule has 1 heterocycles. The van der Waals surface area contributed by atoms with Crippen LogP contribution in [0.5, 0.6) is 0 Å². The van der Waals surface area contributed by atoms with E-state index < -0.39 is 0 Å². The van der Waals surface area contributed by atoms with Gasteiger partial charge in [-0.1, -0.05) is 29.8 Å². The van der Waals surface area contributed by atoms with Crippen LogP contribution >= 0.6 is 11.6 Å². The Morgan fingerprint density at radius 2 is 2.05 bits per heavy atom. The summed E-state index contributed by atoms with van der Waals surface area (Å²) in [5, 5.41) is 1.95. The van der Waals surface area contributed by atoms with E-state index in [1.807, 2.05) is 36.4 Å². The Bertz CT molecular complexity index is 673. The fraction of sp³-hybridized carbons (Fsp3) is 0.250. The average molecular weight is 302 g/mol. The van der Waals surface area contributed by atoms with Gasteiger partial charge in [0.05, 0.1) is 11.3 Å². The molecular weight excluding hydrogens is 286 g/mol. The maximum Gasteiger partial charge on any atom is 0.272 e. The number of amides is 1. The second-order valence-electron chi connectivity index (χ2n) is 5.12. The number of para-hydroxylation sites is 1. The first-order valence-corrected chi connectivity index (χ1v) is 7.31. The molecule has 0 radical (unpaired) electrons. The third-order valence-electron chi connectivity index (χ3n) is 3.66. The summed E-state index contributed by atoms with van der Waals surface area (Å²) in [6.45, 7) is 0. The summed E-state index contributed by atoms with van der Waals surface area (Å²) >= 11 is 6.14. The molecule has 1 amide bonds. The van der Waals surface area contributed by atoms with Gasteiger partial charge in [-0.25, -0.2) is 4.98 Å². The Labute approximate surface area is 128 Å². The van der Waals surface area contributed by atoms with Crippen LogP contribution in [0.15, 0.2) is 36.4 Å². The first-order chi connectivity index (χ1) is 10.1. The van der Waals surface area contributed by atoms with Crippen LogP contribution in [0, 0.1) is 0 Å². The molecule has 1 aromatic carbocycles. The van der Waals surface area contributed by atoms with Gasteiger partial charge in [0, 0.05) is 12.7 Å². The lowest BCUT2D eigenvalue weighted by Gasteiger charge is -2.20. The normalized spacial score (nSPS) is 12.9. The molecule has 1 aromatic heterocycles. The molecule has 0 saturated heterocycles. The number of rotatable bonds is 3. The lowest BCUT2D eigenvalue weighted by Crippen LogP contribution is -2.39. The molecule has 0 aliphatic heterocycles. The third-order valence-corrected chi connectivity index (χ3v) is 3.95. The van der Waals surface area contributed by atoms with Gasteiger partial charge >= 0.3 is 0 Å². The van der Waals surface area contributed by atoms with Crippen molar-refractivity contribution in [1.82, 2.24) is 10.4 Å². The summed E-state index contributed by atoms with van der Waals surface area (Å²) in [5.41, 5.74) is 6.30. The van der Waals surface area contributed by atoms with Crippen LogP contribution in [0.25, 0.3) is 0 Å². The molecule has 1 N–H and O–H groups in total. The Balaban J connectivity index is 1.80. The van der Waals surface area contributed by atoms with E-state index in [9.17, 15) is 4.79 Å². The van der Waals surface area contributed by atoms with Gasteiger partial charge < -0.3 is 0 Å². The molecular formula is C16H16ClN3O. The van der Waals surface area contributed by atoms with Gasteiger partial charge in [0.1, 0.15) is 5.15 Å². The van der Waals surface area contributed by atoms with Gasteiger partial charge in [0.15, 0.2) is 0 Å². The molecule has 1 aliphatic carbocycles. The van der Waals surface area contributed by atoms with Crippen LogP contribution in [0.1, 0.15) is 28.0 Å². The molecule has 2 aromatic rings. The number of halogens is 1. The summed E-state index contributed by atoms with van der Waals surface area (Å²) < 4.78 is 0. The molecule has 1 aliphatic rings. The van der Waals surface area contributed by atoms with Crippen LogP contribution in [0.2, 0.25) is 5.15 Å². The van der Waals surface area contributed by atoms with E-state index in [2.05, 4.69) is 10.4 Å². The van der Waals surface area contributed by atoms with Crippen LogP contribution < -0.4 is 10.4 Å². The minimum atomic E-state index is -0.242. The molecule has 0 unspecified atom stereocenters. The number of pyridine rings is 1. The van der Waals surface area contributed by atoms with Gasteiger partial charge in [0.2, 0.25) is 0 Å². The van der Waals surface area contributed by atoms with E-state index in [-0.39, 0.29) is 11.1 Å². The molecule has 0 saturated carbocycles. The van der Waals surface area contributed by atoms with Crippen molar-refractivity contribution in [3.63, 3.8) is 0 Å². The van der Waals surface area contributed by atoms with Crippen molar-refractivity contribution in [3.8, 4) is 0 Å². The predicted molar refractivity (Wildman–Crippen MR) is 83.6 cm³/mol. The molecule has 0 atom stereocenters. The highest BCUT2D eigenvalue weighted by Crippen LogP contribution is 2.25. The summed E-state index contributed by atoms with van der Waals surface area (Å²) in [6, 6.07) is 11.5. The van der Waals surface area contributed by atoms with Crippen LogP contribution in [0.4, 0.5) is 5.69 Å². The van der Waals surface area contributed by atoms with Crippen molar-refractivity contribution in [1.29, 1.82) is 0 Å². The van der Waals surface area contributed by atoms with E-state index >= 15 is 0 Å². The molecule has 0 bridgehead atoms. The molecule has 0 spiro atoms. The predicted octanol–water partition coefficient (Wildman–Crippen LogP) is 3.00. The van der Waals surface area contributed by atoms with Gasteiger partial charge in [0.25, 0.3) is 5.91 Å². The number of carbonyl (C=O) groups excluding carboxylic acids is 1. The van der Waals surface area contributed by atoms with Crippen LogP contribution in [-0.2, 0) is 12.8 Å². The number of hydrogen-bond donors (Lipinski definition) is 1. The maximum atomic E-state index is 12.4. The minimum absolute atomic E-state index is 0.242. The van der Waals surface area contributed by atoms with E-state index in [1.54, 1.807) is 12.1 Å². The number of anilines is 1. The first-order valence-electron chi connectivity index (χ1n) is 6.93. The van der Waals surface area contributed by atoms with Gasteiger partial charge in [-0.3, -0.25) is 15.2 Å². The Hall–Kier alpha value is -2.07. The van der Waals surface area contributed by atoms with Gasteiger partial charge in [-0.05, 0) is 43.0 Å². The second-order valence-corrected chi connectivity index (χ2v) is 5.48. The zero-order chi connectivity index (χ0) is 14.8. The number of benzene rings is 1. The fourth-order valence-electron chi connectivity index (χ4n) is 2.53. The molecule has 108 valence electrons. The summed E-state index contributed by atoms with van der Waals surface area (Å²) in [6.07, 6.45) is 2.99. The zero-order valence-corrected chi connectivity index (χ0v) is 12.5. The maximum absolute atomic E-state index is 12.4.